The quantitative estimate of drug-likeness (QED) is 0.449. The minimum absolute atomic E-state index is 0.0191. The zero-order valence-corrected chi connectivity index (χ0v) is 13.0. The van der Waals surface area contributed by atoms with Crippen molar-refractivity contribution in [3.8, 4) is 5.75 Å². The molecule has 1 saturated carbocycles. The Morgan fingerprint density at radius 3 is 2.65 bits per heavy atom. The maximum atomic E-state index is 13.3. The van der Waals surface area contributed by atoms with Gasteiger partial charge in [0.25, 0.3) is 0 Å². The van der Waals surface area contributed by atoms with Crippen LogP contribution in [0.15, 0.2) is 18.2 Å². The van der Waals surface area contributed by atoms with Crippen LogP contribution in [-0.4, -0.2) is 15.9 Å². The molecule has 0 heterocycles. The molecule has 0 spiro atoms. The summed E-state index contributed by atoms with van der Waals surface area (Å²) in [5, 5.41) is 11.0. The molecule has 0 amide bonds. The molecule has 0 N–H and O–H groups in total. The van der Waals surface area contributed by atoms with Gasteiger partial charge in [-0.2, -0.15) is 0 Å². The molecule has 0 bridgehead atoms. The zero-order valence-electron chi connectivity index (χ0n) is 11.4. The maximum absolute atomic E-state index is 13.3. The standard InChI is InChI=1S/C14H17BrFNO3/c1-3-14(4-2)12(15)8-13(14)20-11-7-9(16)5-6-10(11)17(18)19/h5-7,12-13H,3-4,8H2,1-2H3. The number of alkyl halides is 1. The van der Waals surface area contributed by atoms with E-state index in [4.69, 9.17) is 4.74 Å². The molecule has 2 atom stereocenters. The monoisotopic (exact) mass is 345 g/mol. The Balaban J connectivity index is 2.27. The summed E-state index contributed by atoms with van der Waals surface area (Å²) in [5.74, 6) is -0.510. The Kier molecular flexibility index (Phi) is 4.32. The van der Waals surface area contributed by atoms with Crippen molar-refractivity contribution in [2.75, 3.05) is 0 Å². The van der Waals surface area contributed by atoms with Crippen LogP contribution in [0.4, 0.5) is 10.1 Å². The normalized spacial score (nSPS) is 24.0. The van der Waals surface area contributed by atoms with Crippen LogP contribution in [0.3, 0.4) is 0 Å². The molecule has 2 rings (SSSR count). The zero-order chi connectivity index (χ0) is 14.9. The van der Waals surface area contributed by atoms with Crippen molar-refractivity contribution in [3.63, 3.8) is 0 Å². The van der Waals surface area contributed by atoms with E-state index in [0.717, 1.165) is 37.5 Å². The number of rotatable bonds is 5. The van der Waals surface area contributed by atoms with Gasteiger partial charge in [-0.15, -0.1) is 0 Å². The molecular formula is C14H17BrFNO3. The Morgan fingerprint density at radius 2 is 2.15 bits per heavy atom. The molecule has 1 aromatic rings. The van der Waals surface area contributed by atoms with Gasteiger partial charge in [0.2, 0.25) is 0 Å². The van der Waals surface area contributed by atoms with Gasteiger partial charge in [0.15, 0.2) is 5.75 Å². The third kappa shape index (κ3) is 2.41. The van der Waals surface area contributed by atoms with Crippen molar-refractivity contribution in [1.29, 1.82) is 0 Å². The smallest absolute Gasteiger partial charge is 0.311 e. The molecule has 1 aliphatic carbocycles. The Hall–Kier alpha value is -1.17. The molecule has 0 aliphatic heterocycles. The van der Waals surface area contributed by atoms with Crippen LogP contribution in [0, 0.1) is 21.3 Å². The van der Waals surface area contributed by atoms with Crippen molar-refractivity contribution in [2.24, 2.45) is 5.41 Å². The molecule has 1 aliphatic rings. The number of nitrogens with zero attached hydrogens (tertiary/aromatic N) is 1. The van der Waals surface area contributed by atoms with E-state index >= 15 is 0 Å². The highest BCUT2D eigenvalue weighted by molar-refractivity contribution is 9.09. The van der Waals surface area contributed by atoms with Gasteiger partial charge in [0.1, 0.15) is 11.9 Å². The van der Waals surface area contributed by atoms with Gasteiger partial charge in [-0.05, 0) is 25.3 Å². The van der Waals surface area contributed by atoms with Crippen LogP contribution in [0.2, 0.25) is 0 Å². The third-order valence-electron chi connectivity index (χ3n) is 4.39. The summed E-state index contributed by atoms with van der Waals surface area (Å²) >= 11 is 3.63. The molecule has 1 aromatic carbocycles. The number of halogens is 2. The summed E-state index contributed by atoms with van der Waals surface area (Å²) in [6, 6.07) is 3.32. The van der Waals surface area contributed by atoms with E-state index in [1.54, 1.807) is 0 Å². The van der Waals surface area contributed by atoms with Crippen molar-refractivity contribution in [2.45, 2.75) is 44.0 Å². The first-order valence-electron chi connectivity index (χ1n) is 6.69. The van der Waals surface area contributed by atoms with Gasteiger partial charge in [0, 0.05) is 22.4 Å². The second-order valence-electron chi connectivity index (χ2n) is 5.12. The second-order valence-corrected chi connectivity index (χ2v) is 6.22. The fourth-order valence-electron chi connectivity index (χ4n) is 2.90. The SMILES string of the molecule is CCC1(CC)C(Br)CC1Oc1cc(F)ccc1[N+](=O)[O-]. The van der Waals surface area contributed by atoms with Gasteiger partial charge in [-0.3, -0.25) is 10.1 Å². The lowest BCUT2D eigenvalue weighted by atomic mass is 9.62. The number of benzene rings is 1. The molecule has 20 heavy (non-hydrogen) atoms. The first kappa shape index (κ1) is 15.2. The van der Waals surface area contributed by atoms with E-state index in [9.17, 15) is 14.5 Å². The van der Waals surface area contributed by atoms with Gasteiger partial charge in [-0.25, -0.2) is 4.39 Å². The van der Waals surface area contributed by atoms with Crippen LogP contribution in [0.5, 0.6) is 5.75 Å². The molecule has 110 valence electrons. The summed E-state index contributed by atoms with van der Waals surface area (Å²) in [4.78, 5) is 10.8. The molecule has 1 fully saturated rings. The Morgan fingerprint density at radius 1 is 1.50 bits per heavy atom. The molecular weight excluding hydrogens is 329 g/mol. The highest BCUT2D eigenvalue weighted by atomic mass is 79.9. The molecule has 6 heteroatoms. The molecule has 2 unspecified atom stereocenters. The Bertz CT molecular complexity index is 519. The average Bonchev–Trinajstić information content (AvgIpc) is 2.39. The molecule has 0 saturated heterocycles. The van der Waals surface area contributed by atoms with Crippen LogP contribution in [-0.2, 0) is 0 Å². The van der Waals surface area contributed by atoms with E-state index in [2.05, 4.69) is 29.8 Å². The van der Waals surface area contributed by atoms with E-state index < -0.39 is 10.7 Å². The van der Waals surface area contributed by atoms with Crippen LogP contribution < -0.4 is 4.74 Å². The first-order chi connectivity index (χ1) is 9.44. The largest absolute Gasteiger partial charge is 0.483 e. The molecule has 0 aromatic heterocycles. The average molecular weight is 346 g/mol. The Labute approximate surface area is 125 Å². The maximum Gasteiger partial charge on any atom is 0.311 e. The van der Waals surface area contributed by atoms with E-state index in [-0.39, 0.29) is 23.0 Å². The lowest BCUT2D eigenvalue weighted by molar-refractivity contribution is -0.386. The molecule has 0 radical (unpaired) electrons. The lowest BCUT2D eigenvalue weighted by Crippen LogP contribution is -2.56. The van der Waals surface area contributed by atoms with Gasteiger partial charge >= 0.3 is 5.69 Å². The van der Waals surface area contributed by atoms with Crippen molar-refractivity contribution < 1.29 is 14.1 Å². The highest BCUT2D eigenvalue weighted by Crippen LogP contribution is 2.53. The minimum atomic E-state index is -0.543. The van der Waals surface area contributed by atoms with Crippen molar-refractivity contribution in [3.05, 3.63) is 34.1 Å². The van der Waals surface area contributed by atoms with E-state index in [1.165, 1.54) is 0 Å². The lowest BCUT2D eigenvalue weighted by Gasteiger charge is -2.52. The van der Waals surface area contributed by atoms with Crippen molar-refractivity contribution >= 4 is 21.6 Å². The minimum Gasteiger partial charge on any atom is -0.483 e. The fraction of sp³-hybridized carbons (Fsp3) is 0.571. The number of hydrogen-bond donors (Lipinski definition) is 0. The fourth-order valence-corrected chi connectivity index (χ4v) is 4.18. The van der Waals surface area contributed by atoms with Crippen LogP contribution >= 0.6 is 15.9 Å². The first-order valence-corrected chi connectivity index (χ1v) is 7.60. The van der Waals surface area contributed by atoms with E-state index in [0.29, 0.717) is 4.83 Å². The predicted octanol–water partition coefficient (Wildman–Crippen LogP) is 4.45. The van der Waals surface area contributed by atoms with Crippen molar-refractivity contribution in [1.82, 2.24) is 0 Å². The number of nitro groups is 1. The summed E-state index contributed by atoms with van der Waals surface area (Å²) in [6.45, 7) is 4.15. The second kappa shape index (κ2) is 5.68. The highest BCUT2D eigenvalue weighted by Gasteiger charge is 2.53. The van der Waals surface area contributed by atoms with Crippen LogP contribution in [0.1, 0.15) is 33.1 Å². The summed E-state index contributed by atoms with van der Waals surface area (Å²) in [6.07, 6.45) is 2.47. The summed E-state index contributed by atoms with van der Waals surface area (Å²) in [5.41, 5.74) is -0.231. The number of nitro benzene ring substituents is 1. The van der Waals surface area contributed by atoms with Crippen LogP contribution in [0.25, 0.3) is 0 Å². The summed E-state index contributed by atoms with van der Waals surface area (Å²) < 4.78 is 19.1. The third-order valence-corrected chi connectivity index (χ3v) is 5.68. The number of ether oxygens (including phenoxy) is 1. The predicted molar refractivity (Wildman–Crippen MR) is 77.8 cm³/mol. The molecule has 4 nitrogen and oxygen atoms in total. The summed E-state index contributed by atoms with van der Waals surface area (Å²) in [7, 11) is 0. The topological polar surface area (TPSA) is 52.4 Å². The van der Waals surface area contributed by atoms with Gasteiger partial charge in [-0.1, -0.05) is 29.8 Å². The number of hydrogen-bond acceptors (Lipinski definition) is 3. The van der Waals surface area contributed by atoms with E-state index in [1.807, 2.05) is 0 Å². The van der Waals surface area contributed by atoms with Gasteiger partial charge in [0.05, 0.1) is 4.92 Å². The van der Waals surface area contributed by atoms with Gasteiger partial charge < -0.3 is 4.74 Å².